The SMILES string of the molecule is C/C=C1/CN2CCc3c4n(c5ccc(OC)cc35)C(CO)(CO)[C@H]1C[C@@H]42. The number of aromatic nitrogens is 1. The zero-order valence-corrected chi connectivity index (χ0v) is 15.4. The van der Waals surface area contributed by atoms with E-state index in [0.29, 0.717) is 6.04 Å². The van der Waals surface area contributed by atoms with E-state index in [2.05, 4.69) is 34.6 Å². The standard InChI is InChI=1S/C21H26N2O3/c1-3-13-10-22-7-6-15-16-8-14(26-2)4-5-18(16)23-20(15)19(22)9-17(13)21(23,11-24)12-25/h3-5,8,17,19,24-25H,6-7,9-12H2,1-2H3/b13-3-/t17-,19-/m0/s1. The van der Waals surface area contributed by atoms with E-state index in [-0.39, 0.29) is 19.1 Å². The number of aliphatic hydroxyl groups is 2. The summed E-state index contributed by atoms with van der Waals surface area (Å²) in [7, 11) is 1.70. The molecule has 1 fully saturated rings. The van der Waals surface area contributed by atoms with Crippen molar-refractivity contribution in [1.82, 2.24) is 9.47 Å². The summed E-state index contributed by atoms with van der Waals surface area (Å²) in [5, 5.41) is 22.2. The van der Waals surface area contributed by atoms with Crippen LogP contribution in [0, 0.1) is 5.92 Å². The first-order valence-corrected chi connectivity index (χ1v) is 9.51. The molecular formula is C21H26N2O3. The van der Waals surface area contributed by atoms with Gasteiger partial charge >= 0.3 is 0 Å². The number of nitrogens with zero attached hydrogens (tertiary/aromatic N) is 2. The second-order valence-electron chi connectivity index (χ2n) is 7.89. The zero-order valence-electron chi connectivity index (χ0n) is 15.4. The first-order chi connectivity index (χ1) is 12.7. The molecule has 26 heavy (non-hydrogen) atoms. The van der Waals surface area contributed by atoms with Gasteiger partial charge in [-0.05, 0) is 43.5 Å². The molecule has 138 valence electrons. The zero-order chi connectivity index (χ0) is 18.1. The third kappa shape index (κ3) is 1.81. The van der Waals surface area contributed by atoms with Crippen LogP contribution in [-0.2, 0) is 12.0 Å². The first-order valence-electron chi connectivity index (χ1n) is 9.51. The number of hydrogen-bond donors (Lipinski definition) is 2. The predicted octanol–water partition coefficient (Wildman–Crippen LogP) is 2.21. The van der Waals surface area contributed by atoms with Crippen LogP contribution < -0.4 is 4.74 Å². The molecule has 3 aliphatic rings. The van der Waals surface area contributed by atoms with Gasteiger partial charge in [-0.15, -0.1) is 0 Å². The third-order valence-electron chi connectivity index (χ3n) is 7.03. The monoisotopic (exact) mass is 354 g/mol. The van der Waals surface area contributed by atoms with Crippen LogP contribution in [0.3, 0.4) is 0 Å². The molecule has 0 radical (unpaired) electrons. The van der Waals surface area contributed by atoms with Gasteiger partial charge in [0.1, 0.15) is 5.75 Å². The molecule has 0 amide bonds. The summed E-state index contributed by atoms with van der Waals surface area (Å²) < 4.78 is 7.75. The van der Waals surface area contributed by atoms with Crippen molar-refractivity contribution in [2.24, 2.45) is 5.92 Å². The van der Waals surface area contributed by atoms with Crippen molar-refractivity contribution in [3.8, 4) is 5.75 Å². The second kappa shape index (κ2) is 5.59. The highest BCUT2D eigenvalue weighted by Crippen LogP contribution is 2.55. The van der Waals surface area contributed by atoms with Gasteiger partial charge in [-0.2, -0.15) is 0 Å². The van der Waals surface area contributed by atoms with Crippen molar-refractivity contribution in [3.05, 3.63) is 41.1 Å². The van der Waals surface area contributed by atoms with E-state index in [1.807, 2.05) is 6.07 Å². The number of methoxy groups -OCH3 is 1. The van der Waals surface area contributed by atoms with E-state index in [9.17, 15) is 10.2 Å². The molecule has 2 aromatic rings. The molecule has 3 aliphatic heterocycles. The minimum absolute atomic E-state index is 0.0551. The third-order valence-corrected chi connectivity index (χ3v) is 7.03. The Morgan fingerprint density at radius 1 is 1.31 bits per heavy atom. The normalized spacial score (nSPS) is 27.9. The molecule has 5 rings (SSSR count). The van der Waals surface area contributed by atoms with Gasteiger partial charge in [0.25, 0.3) is 0 Å². The lowest BCUT2D eigenvalue weighted by atomic mass is 9.68. The van der Waals surface area contributed by atoms with Gasteiger partial charge < -0.3 is 19.5 Å². The minimum atomic E-state index is -0.678. The molecule has 1 aromatic heterocycles. The Balaban J connectivity index is 1.89. The average Bonchev–Trinajstić information content (AvgIpc) is 3.03. The maximum atomic E-state index is 10.5. The van der Waals surface area contributed by atoms with Crippen molar-refractivity contribution in [2.45, 2.75) is 31.3 Å². The highest BCUT2D eigenvalue weighted by atomic mass is 16.5. The number of fused-ring (bicyclic) bond motifs is 4. The van der Waals surface area contributed by atoms with Crippen LogP contribution in [0.2, 0.25) is 0 Å². The van der Waals surface area contributed by atoms with E-state index in [1.54, 1.807) is 7.11 Å². The molecule has 2 N–H and O–H groups in total. The fraction of sp³-hybridized carbons (Fsp3) is 0.524. The van der Waals surface area contributed by atoms with Gasteiger partial charge in [-0.1, -0.05) is 11.6 Å². The molecule has 2 bridgehead atoms. The Kier molecular flexibility index (Phi) is 3.52. The fourth-order valence-corrected chi connectivity index (χ4v) is 5.75. The highest BCUT2D eigenvalue weighted by Gasteiger charge is 2.54. The molecule has 5 heteroatoms. The Morgan fingerprint density at radius 3 is 2.81 bits per heavy atom. The van der Waals surface area contributed by atoms with E-state index in [4.69, 9.17) is 4.74 Å². The maximum absolute atomic E-state index is 10.5. The van der Waals surface area contributed by atoms with Crippen molar-refractivity contribution in [1.29, 1.82) is 0 Å². The van der Waals surface area contributed by atoms with Crippen LogP contribution >= 0.6 is 0 Å². The van der Waals surface area contributed by atoms with Crippen molar-refractivity contribution in [2.75, 3.05) is 33.4 Å². The van der Waals surface area contributed by atoms with Crippen LogP contribution in [0.25, 0.3) is 10.9 Å². The summed E-state index contributed by atoms with van der Waals surface area (Å²) >= 11 is 0. The summed E-state index contributed by atoms with van der Waals surface area (Å²) in [5.74, 6) is 1.02. The molecule has 0 unspecified atom stereocenters. The van der Waals surface area contributed by atoms with E-state index >= 15 is 0 Å². The van der Waals surface area contributed by atoms with Crippen LogP contribution in [0.15, 0.2) is 29.8 Å². The molecule has 0 spiro atoms. The van der Waals surface area contributed by atoms with E-state index in [0.717, 1.165) is 37.2 Å². The van der Waals surface area contributed by atoms with Crippen LogP contribution in [0.5, 0.6) is 5.75 Å². The van der Waals surface area contributed by atoms with Gasteiger partial charge in [0.15, 0.2) is 0 Å². The molecular weight excluding hydrogens is 328 g/mol. The number of aliphatic hydroxyl groups excluding tert-OH is 2. The number of rotatable bonds is 3. The summed E-state index contributed by atoms with van der Waals surface area (Å²) in [6.07, 6.45) is 4.16. The second-order valence-corrected chi connectivity index (χ2v) is 7.89. The molecule has 1 saturated heterocycles. The van der Waals surface area contributed by atoms with Gasteiger partial charge in [0, 0.05) is 35.6 Å². The number of benzene rings is 1. The predicted molar refractivity (Wildman–Crippen MR) is 101 cm³/mol. The summed E-state index contributed by atoms with van der Waals surface area (Å²) in [5.41, 5.74) is 4.44. The average molecular weight is 354 g/mol. The number of hydrogen-bond acceptors (Lipinski definition) is 4. The molecule has 4 heterocycles. The van der Waals surface area contributed by atoms with Crippen LogP contribution in [0.1, 0.15) is 30.6 Å². The van der Waals surface area contributed by atoms with E-state index < -0.39 is 5.54 Å². The Morgan fingerprint density at radius 2 is 2.12 bits per heavy atom. The smallest absolute Gasteiger partial charge is 0.119 e. The molecule has 2 atom stereocenters. The summed E-state index contributed by atoms with van der Waals surface area (Å²) in [6, 6.07) is 6.56. The Labute approximate surface area is 153 Å². The van der Waals surface area contributed by atoms with Crippen molar-refractivity contribution < 1.29 is 14.9 Å². The lowest BCUT2D eigenvalue weighted by Crippen LogP contribution is -2.59. The van der Waals surface area contributed by atoms with Gasteiger partial charge in [0.05, 0.1) is 31.9 Å². The Hall–Kier alpha value is -1.82. The Bertz CT molecular complexity index is 910. The van der Waals surface area contributed by atoms with E-state index in [1.165, 1.54) is 22.2 Å². The lowest BCUT2D eigenvalue weighted by molar-refractivity contribution is -0.0294. The summed E-state index contributed by atoms with van der Waals surface area (Å²) in [4.78, 5) is 2.57. The van der Waals surface area contributed by atoms with Crippen molar-refractivity contribution >= 4 is 10.9 Å². The van der Waals surface area contributed by atoms with Crippen molar-refractivity contribution in [3.63, 3.8) is 0 Å². The van der Waals surface area contributed by atoms with Gasteiger partial charge in [-0.25, -0.2) is 0 Å². The largest absolute Gasteiger partial charge is 0.497 e. The minimum Gasteiger partial charge on any atom is -0.497 e. The van der Waals surface area contributed by atoms with Gasteiger partial charge in [-0.3, -0.25) is 4.90 Å². The summed E-state index contributed by atoms with van der Waals surface area (Å²) in [6.45, 7) is 3.97. The number of allylic oxidation sites excluding steroid dienone is 1. The number of ether oxygens (including phenoxy) is 1. The van der Waals surface area contributed by atoms with Crippen LogP contribution in [0.4, 0.5) is 0 Å². The van der Waals surface area contributed by atoms with Gasteiger partial charge in [0.2, 0.25) is 0 Å². The topological polar surface area (TPSA) is 57.9 Å². The molecule has 0 saturated carbocycles. The first kappa shape index (κ1) is 16.4. The number of piperidine rings is 1. The maximum Gasteiger partial charge on any atom is 0.119 e. The lowest BCUT2D eigenvalue weighted by Gasteiger charge is -2.55. The molecule has 0 aliphatic carbocycles. The molecule has 5 nitrogen and oxygen atoms in total. The highest BCUT2D eigenvalue weighted by molar-refractivity contribution is 5.88. The van der Waals surface area contributed by atoms with Crippen LogP contribution in [-0.4, -0.2) is 53.1 Å². The molecule has 1 aromatic carbocycles. The fourth-order valence-electron chi connectivity index (χ4n) is 5.75. The quantitative estimate of drug-likeness (QED) is 0.830.